The van der Waals surface area contributed by atoms with Crippen molar-refractivity contribution in [3.8, 4) is 0 Å². The molecule has 0 aliphatic carbocycles. The fourth-order valence-corrected chi connectivity index (χ4v) is 3.02. The molecule has 1 aliphatic heterocycles. The highest BCUT2D eigenvalue weighted by Crippen LogP contribution is 2.26. The van der Waals surface area contributed by atoms with Crippen LogP contribution in [0.5, 0.6) is 0 Å². The predicted octanol–water partition coefficient (Wildman–Crippen LogP) is 4.15. The van der Waals surface area contributed by atoms with Gasteiger partial charge in [-0.3, -0.25) is 14.5 Å². The Hall–Kier alpha value is -3.15. The summed E-state index contributed by atoms with van der Waals surface area (Å²) in [6.07, 6.45) is 0.933. The number of urea groups is 1. The number of hydrogen-bond donors (Lipinski definition) is 2. The zero-order valence-corrected chi connectivity index (χ0v) is 15.7. The molecule has 2 N–H and O–H groups in total. The number of fused-ring (bicyclic) bond motifs is 1. The molecule has 27 heavy (non-hydrogen) atoms. The third kappa shape index (κ3) is 4.00. The van der Waals surface area contributed by atoms with Gasteiger partial charge in [-0.2, -0.15) is 0 Å². The van der Waals surface area contributed by atoms with E-state index >= 15 is 0 Å². The van der Waals surface area contributed by atoms with Crippen LogP contribution in [0.2, 0.25) is 0 Å². The molecule has 0 radical (unpaired) electrons. The summed E-state index contributed by atoms with van der Waals surface area (Å²) in [4.78, 5) is 38.3. The van der Waals surface area contributed by atoms with Gasteiger partial charge in [0.15, 0.2) is 0 Å². The number of carbonyl (C=O) groups is 3. The first-order chi connectivity index (χ1) is 12.9. The lowest BCUT2D eigenvalue weighted by atomic mass is 10.1. The van der Waals surface area contributed by atoms with Crippen molar-refractivity contribution in [2.45, 2.75) is 27.2 Å². The van der Waals surface area contributed by atoms with E-state index in [2.05, 4.69) is 17.6 Å². The van der Waals surface area contributed by atoms with Gasteiger partial charge in [0, 0.05) is 17.9 Å². The maximum Gasteiger partial charge on any atom is 0.323 e. The molecule has 6 nitrogen and oxygen atoms in total. The van der Waals surface area contributed by atoms with E-state index in [-0.39, 0.29) is 17.7 Å². The van der Waals surface area contributed by atoms with Crippen molar-refractivity contribution >= 4 is 29.2 Å². The van der Waals surface area contributed by atoms with Crippen LogP contribution in [0.15, 0.2) is 42.5 Å². The molecule has 0 saturated heterocycles. The molecule has 0 aromatic heterocycles. The molecule has 0 fully saturated rings. The summed E-state index contributed by atoms with van der Waals surface area (Å²) in [6, 6.07) is 12.0. The first-order valence-electron chi connectivity index (χ1n) is 9.06. The Labute approximate surface area is 158 Å². The molecule has 4 amide bonds. The molecular formula is C21H23N3O3. The number of carbonyl (C=O) groups excluding carboxylic acids is 3. The van der Waals surface area contributed by atoms with Gasteiger partial charge in [0.1, 0.15) is 0 Å². The van der Waals surface area contributed by atoms with Crippen LogP contribution in [0.1, 0.15) is 47.1 Å². The van der Waals surface area contributed by atoms with E-state index in [1.54, 1.807) is 18.2 Å². The summed E-state index contributed by atoms with van der Waals surface area (Å²) in [6.45, 7) is 6.35. The molecule has 3 rings (SSSR count). The SMILES string of the molecule is CCc1ccc(NC(=O)Nc2ccc3c(c2)C(=O)N(CC(C)C)C3=O)cc1. The second kappa shape index (κ2) is 7.61. The van der Waals surface area contributed by atoms with Crippen molar-refractivity contribution in [3.63, 3.8) is 0 Å². The number of aryl methyl sites for hydroxylation is 1. The number of amides is 4. The molecular weight excluding hydrogens is 342 g/mol. The summed E-state index contributed by atoms with van der Waals surface area (Å²) in [5.74, 6) is -0.409. The Balaban J connectivity index is 1.70. The molecule has 140 valence electrons. The molecule has 6 heteroatoms. The first-order valence-corrected chi connectivity index (χ1v) is 9.06. The van der Waals surface area contributed by atoms with Gasteiger partial charge in [0.05, 0.1) is 11.1 Å². The molecule has 1 heterocycles. The van der Waals surface area contributed by atoms with E-state index in [0.29, 0.717) is 29.0 Å². The lowest BCUT2D eigenvalue weighted by molar-refractivity contribution is 0.0636. The Bertz CT molecular complexity index is 888. The van der Waals surface area contributed by atoms with Gasteiger partial charge in [-0.05, 0) is 48.2 Å². The minimum atomic E-state index is -0.407. The average Bonchev–Trinajstić information content (AvgIpc) is 2.86. The number of nitrogens with zero attached hydrogens (tertiary/aromatic N) is 1. The number of rotatable bonds is 5. The summed E-state index contributed by atoms with van der Waals surface area (Å²) in [7, 11) is 0. The van der Waals surface area contributed by atoms with Crippen LogP contribution in [0.25, 0.3) is 0 Å². The largest absolute Gasteiger partial charge is 0.323 e. The zero-order valence-electron chi connectivity index (χ0n) is 15.7. The normalized spacial score (nSPS) is 13.1. The van der Waals surface area contributed by atoms with E-state index in [1.807, 2.05) is 38.1 Å². The van der Waals surface area contributed by atoms with Crippen LogP contribution >= 0.6 is 0 Å². The van der Waals surface area contributed by atoms with Crippen molar-refractivity contribution in [2.24, 2.45) is 5.92 Å². The monoisotopic (exact) mass is 365 g/mol. The van der Waals surface area contributed by atoms with Crippen molar-refractivity contribution in [1.82, 2.24) is 4.90 Å². The lowest BCUT2D eigenvalue weighted by Gasteiger charge is -2.15. The van der Waals surface area contributed by atoms with E-state index in [1.165, 1.54) is 10.5 Å². The van der Waals surface area contributed by atoms with Crippen LogP contribution < -0.4 is 10.6 Å². The van der Waals surface area contributed by atoms with Gasteiger partial charge < -0.3 is 10.6 Å². The maximum absolute atomic E-state index is 12.5. The van der Waals surface area contributed by atoms with Gasteiger partial charge in [-0.25, -0.2) is 4.79 Å². The average molecular weight is 365 g/mol. The Morgan fingerprint density at radius 3 is 2.15 bits per heavy atom. The molecule has 2 aromatic rings. The molecule has 0 spiro atoms. The lowest BCUT2D eigenvalue weighted by Crippen LogP contribution is -2.33. The molecule has 2 aromatic carbocycles. The van der Waals surface area contributed by atoms with Crippen molar-refractivity contribution in [2.75, 3.05) is 17.2 Å². The number of anilines is 2. The maximum atomic E-state index is 12.5. The quantitative estimate of drug-likeness (QED) is 0.782. The predicted molar refractivity (Wildman–Crippen MR) is 105 cm³/mol. The number of nitrogens with one attached hydrogen (secondary N) is 2. The van der Waals surface area contributed by atoms with Gasteiger partial charge >= 0.3 is 6.03 Å². The summed E-state index contributed by atoms with van der Waals surface area (Å²) in [5, 5.41) is 5.46. The minimum absolute atomic E-state index is 0.190. The fraction of sp³-hybridized carbons (Fsp3) is 0.286. The summed E-state index contributed by atoms with van der Waals surface area (Å²) >= 11 is 0. The Morgan fingerprint density at radius 1 is 0.926 bits per heavy atom. The van der Waals surface area contributed by atoms with Crippen LogP contribution in [0.3, 0.4) is 0 Å². The Morgan fingerprint density at radius 2 is 1.52 bits per heavy atom. The van der Waals surface area contributed by atoms with Gasteiger partial charge in [0.2, 0.25) is 0 Å². The third-order valence-electron chi connectivity index (χ3n) is 4.40. The van der Waals surface area contributed by atoms with Crippen LogP contribution in [0, 0.1) is 5.92 Å². The smallest absolute Gasteiger partial charge is 0.308 e. The second-order valence-electron chi connectivity index (χ2n) is 7.00. The highest BCUT2D eigenvalue weighted by molar-refractivity contribution is 6.22. The first kappa shape index (κ1) is 18.6. The summed E-state index contributed by atoms with van der Waals surface area (Å²) < 4.78 is 0. The molecule has 0 bridgehead atoms. The summed E-state index contributed by atoms with van der Waals surface area (Å²) in [5.41, 5.74) is 3.03. The van der Waals surface area contributed by atoms with Crippen molar-refractivity contribution in [1.29, 1.82) is 0 Å². The highest BCUT2D eigenvalue weighted by Gasteiger charge is 2.35. The van der Waals surface area contributed by atoms with E-state index in [0.717, 1.165) is 6.42 Å². The molecule has 0 atom stereocenters. The number of imide groups is 1. The molecule has 0 saturated carbocycles. The van der Waals surface area contributed by atoms with E-state index in [4.69, 9.17) is 0 Å². The van der Waals surface area contributed by atoms with Crippen LogP contribution in [0.4, 0.5) is 16.2 Å². The minimum Gasteiger partial charge on any atom is -0.308 e. The fourth-order valence-electron chi connectivity index (χ4n) is 3.02. The molecule has 0 unspecified atom stereocenters. The number of benzene rings is 2. The van der Waals surface area contributed by atoms with Crippen LogP contribution in [-0.4, -0.2) is 29.3 Å². The van der Waals surface area contributed by atoms with Gasteiger partial charge in [-0.1, -0.05) is 32.9 Å². The molecule has 1 aliphatic rings. The van der Waals surface area contributed by atoms with E-state index in [9.17, 15) is 14.4 Å². The highest BCUT2D eigenvalue weighted by atomic mass is 16.2. The number of hydrogen-bond acceptors (Lipinski definition) is 3. The van der Waals surface area contributed by atoms with Gasteiger partial charge in [0.25, 0.3) is 11.8 Å². The second-order valence-corrected chi connectivity index (χ2v) is 7.00. The van der Waals surface area contributed by atoms with E-state index < -0.39 is 6.03 Å². The standard InChI is InChI=1S/C21H23N3O3/c1-4-14-5-7-15(8-6-14)22-21(27)23-16-9-10-17-18(11-16)20(26)24(19(17)25)12-13(2)3/h5-11,13H,4,12H2,1-3H3,(H2,22,23,27). The zero-order chi connectivity index (χ0) is 19.6. The topological polar surface area (TPSA) is 78.5 Å². The van der Waals surface area contributed by atoms with Crippen LogP contribution in [-0.2, 0) is 6.42 Å². The van der Waals surface area contributed by atoms with Crippen molar-refractivity contribution < 1.29 is 14.4 Å². The third-order valence-corrected chi connectivity index (χ3v) is 4.40. The van der Waals surface area contributed by atoms with Crippen molar-refractivity contribution in [3.05, 3.63) is 59.2 Å². The van der Waals surface area contributed by atoms with Gasteiger partial charge in [-0.15, -0.1) is 0 Å². The Kier molecular flexibility index (Phi) is 5.26.